The van der Waals surface area contributed by atoms with Crippen LogP contribution >= 0.6 is 0 Å². The molecule has 1 saturated heterocycles. The molecule has 1 fully saturated rings. The number of hydrogen-bond acceptors (Lipinski definition) is 0. The molecule has 0 N–H and O–H groups in total. The Hall–Kier alpha value is -0.786. The van der Waals surface area contributed by atoms with Crippen LogP contribution in [0.25, 0.3) is 11.1 Å². The molecule has 2 aromatic rings. The van der Waals surface area contributed by atoms with Gasteiger partial charge in [-0.25, -0.2) is 0 Å². The van der Waals surface area contributed by atoms with Crippen LogP contribution in [0.2, 0.25) is 9.45 Å². The van der Waals surface area contributed by atoms with Gasteiger partial charge >= 0.3 is 142 Å². The number of halogens is 2. The minimum atomic E-state index is -2.01. The minimum absolute atomic E-state index is 0. The van der Waals surface area contributed by atoms with E-state index < -0.39 is 16.6 Å². The third-order valence-electron chi connectivity index (χ3n) is 6.23. The Balaban J connectivity index is 0.000000911. The van der Waals surface area contributed by atoms with Crippen LogP contribution in [0, 0.1) is 5.92 Å². The Morgan fingerprint density at radius 2 is 1.36 bits per heavy atom. The van der Waals surface area contributed by atoms with E-state index in [0.29, 0.717) is 5.92 Å². The van der Waals surface area contributed by atoms with Crippen molar-refractivity contribution in [2.45, 2.75) is 27.5 Å². The number of allylic oxidation sites excluding steroid dienone is 4. The molecular weight excluding hydrogens is 383 g/mol. The fourth-order valence-electron chi connectivity index (χ4n) is 5.28. The SMILES string of the molecule is CC1=[C]([Ti+2]2([CH]3c4ccccc4-c4ccccc43)[CH2][CH2]2)C(C)C=C1.[Cl-].[Cl-]. The van der Waals surface area contributed by atoms with Gasteiger partial charge in [0, 0.05) is 0 Å². The summed E-state index contributed by atoms with van der Waals surface area (Å²) in [5.41, 5.74) is 7.86. The summed E-state index contributed by atoms with van der Waals surface area (Å²) in [6, 6.07) is 18.4. The molecule has 128 valence electrons. The Labute approximate surface area is 166 Å². The Kier molecular flexibility index (Phi) is 5.12. The second kappa shape index (κ2) is 6.74. The van der Waals surface area contributed by atoms with Gasteiger partial charge in [-0.15, -0.1) is 0 Å². The van der Waals surface area contributed by atoms with Crippen LogP contribution in [-0.4, -0.2) is 0 Å². The minimum Gasteiger partial charge on any atom is -1.00 e. The quantitative estimate of drug-likeness (QED) is 0.629. The van der Waals surface area contributed by atoms with Crippen molar-refractivity contribution in [3.8, 4) is 11.1 Å². The Morgan fingerprint density at radius 1 is 0.840 bits per heavy atom. The first-order chi connectivity index (χ1) is 11.2. The molecule has 0 radical (unpaired) electrons. The van der Waals surface area contributed by atoms with Crippen molar-refractivity contribution in [3.63, 3.8) is 0 Å². The van der Waals surface area contributed by atoms with Gasteiger partial charge in [-0.2, -0.15) is 0 Å². The third-order valence-corrected chi connectivity index (χ3v) is 14.4. The van der Waals surface area contributed by atoms with Gasteiger partial charge in [-0.3, -0.25) is 0 Å². The zero-order chi connectivity index (χ0) is 15.6. The van der Waals surface area contributed by atoms with E-state index in [0.717, 1.165) is 4.22 Å². The normalized spacial score (nSPS) is 20.8. The molecule has 2 aliphatic carbocycles. The van der Waals surface area contributed by atoms with Crippen molar-refractivity contribution < 1.29 is 41.4 Å². The van der Waals surface area contributed by atoms with E-state index in [1.165, 1.54) is 20.6 Å². The Morgan fingerprint density at radius 3 is 1.80 bits per heavy atom. The van der Waals surface area contributed by atoms with Gasteiger partial charge in [-0.1, -0.05) is 0 Å². The van der Waals surface area contributed by atoms with Gasteiger partial charge in [0.05, 0.1) is 0 Å². The Bertz CT molecular complexity index is 832. The van der Waals surface area contributed by atoms with Crippen LogP contribution in [-0.2, 0) is 16.6 Å². The maximum Gasteiger partial charge on any atom is -1.00 e. The van der Waals surface area contributed by atoms with E-state index in [-0.39, 0.29) is 24.8 Å². The molecular formula is C22H22Cl2Ti. The van der Waals surface area contributed by atoms with Crippen LogP contribution in [0.5, 0.6) is 0 Å². The average Bonchev–Trinajstić information content (AvgIpc) is 3.17. The van der Waals surface area contributed by atoms with E-state index in [2.05, 4.69) is 74.5 Å². The molecule has 0 amide bonds. The molecule has 0 saturated carbocycles. The van der Waals surface area contributed by atoms with Gasteiger partial charge in [-0.05, 0) is 0 Å². The van der Waals surface area contributed by atoms with Crippen LogP contribution in [0.15, 0.2) is 70.1 Å². The molecule has 2 aromatic carbocycles. The number of fused-ring (bicyclic) bond motifs is 3. The summed E-state index contributed by atoms with van der Waals surface area (Å²) < 4.78 is 5.66. The molecule has 25 heavy (non-hydrogen) atoms. The van der Waals surface area contributed by atoms with Crippen LogP contribution in [0.4, 0.5) is 0 Å². The van der Waals surface area contributed by atoms with Gasteiger partial charge in [0.1, 0.15) is 0 Å². The molecule has 1 unspecified atom stereocenters. The second-order valence-electron chi connectivity index (χ2n) is 7.51. The first-order valence-electron chi connectivity index (χ1n) is 8.80. The largest absolute Gasteiger partial charge is 1.00 e. The molecule has 0 aromatic heterocycles. The van der Waals surface area contributed by atoms with Gasteiger partial charge in [0.2, 0.25) is 0 Å². The number of rotatable bonds is 2. The molecule has 1 aliphatic heterocycles. The van der Waals surface area contributed by atoms with E-state index in [4.69, 9.17) is 0 Å². The molecule has 5 rings (SSSR count). The van der Waals surface area contributed by atoms with Gasteiger partial charge < -0.3 is 24.8 Å². The fourth-order valence-corrected chi connectivity index (χ4v) is 15.2. The summed E-state index contributed by atoms with van der Waals surface area (Å²) in [6.45, 7) is 4.77. The van der Waals surface area contributed by atoms with Crippen molar-refractivity contribution in [1.29, 1.82) is 0 Å². The molecule has 0 nitrogen and oxygen atoms in total. The monoisotopic (exact) mass is 404 g/mol. The summed E-state index contributed by atoms with van der Waals surface area (Å²) in [4.78, 5) is 0. The zero-order valence-electron chi connectivity index (χ0n) is 14.6. The number of hydrogen-bond donors (Lipinski definition) is 0. The summed E-state index contributed by atoms with van der Waals surface area (Å²) in [5.74, 6) is 0.678. The van der Waals surface area contributed by atoms with E-state index >= 15 is 0 Å². The predicted octanol–water partition coefficient (Wildman–Crippen LogP) is 0.248. The molecule has 1 heterocycles. The average molecular weight is 405 g/mol. The molecule has 0 bridgehead atoms. The summed E-state index contributed by atoms with van der Waals surface area (Å²) in [6.07, 6.45) is 4.82. The first kappa shape index (κ1) is 19.0. The fraction of sp³-hybridized carbons (Fsp3) is 0.273. The molecule has 3 aliphatic rings. The van der Waals surface area contributed by atoms with E-state index in [1.54, 1.807) is 16.7 Å². The standard InChI is InChI=1S/C13H9.C7H9.C2H4.2ClH.Ti/c1-3-7-12-10(5-1)9-11-6-2-4-8-13(11)12;1-6-3-4-7(2)5-6;1-2;;;/h1-9H;3-4,6H,1-2H3;1-2H2;2*1H;/q;;;;;+2/p-2. The topological polar surface area (TPSA) is 0 Å². The molecule has 1 atom stereocenters. The maximum absolute atomic E-state index is 2.43. The van der Waals surface area contributed by atoms with Crippen molar-refractivity contribution in [2.24, 2.45) is 5.92 Å². The van der Waals surface area contributed by atoms with Gasteiger partial charge in [0.25, 0.3) is 0 Å². The summed E-state index contributed by atoms with van der Waals surface area (Å²) in [5, 5.41) is 0. The van der Waals surface area contributed by atoms with Crippen molar-refractivity contribution in [3.05, 3.63) is 81.3 Å². The predicted molar refractivity (Wildman–Crippen MR) is 94.3 cm³/mol. The number of benzene rings is 2. The zero-order valence-corrected chi connectivity index (χ0v) is 17.7. The van der Waals surface area contributed by atoms with Crippen molar-refractivity contribution >= 4 is 0 Å². The van der Waals surface area contributed by atoms with Crippen LogP contribution < -0.4 is 24.8 Å². The first-order valence-corrected chi connectivity index (χ1v) is 12.7. The summed E-state index contributed by atoms with van der Waals surface area (Å²) in [7, 11) is 0. The molecule has 0 spiro atoms. The third kappa shape index (κ3) is 2.61. The van der Waals surface area contributed by atoms with E-state index in [9.17, 15) is 0 Å². The second-order valence-corrected chi connectivity index (χ2v) is 14.4. The van der Waals surface area contributed by atoms with Crippen LogP contribution in [0.3, 0.4) is 0 Å². The van der Waals surface area contributed by atoms with Crippen molar-refractivity contribution in [2.75, 3.05) is 0 Å². The van der Waals surface area contributed by atoms with Gasteiger partial charge in [0.15, 0.2) is 0 Å². The maximum atomic E-state index is 2.43. The summed E-state index contributed by atoms with van der Waals surface area (Å²) >= 11 is -2.01. The van der Waals surface area contributed by atoms with E-state index in [1.807, 2.05) is 3.88 Å². The van der Waals surface area contributed by atoms with Crippen molar-refractivity contribution in [1.82, 2.24) is 0 Å². The molecule has 3 heteroatoms. The smallest absolute Gasteiger partial charge is 1.00 e. The van der Waals surface area contributed by atoms with Crippen LogP contribution in [0.1, 0.15) is 29.2 Å².